The summed E-state index contributed by atoms with van der Waals surface area (Å²) in [5, 5.41) is 5.64. The van der Waals surface area contributed by atoms with Gasteiger partial charge in [0.05, 0.1) is 24.1 Å². The number of hydrogen-bond acceptors (Lipinski definition) is 6. The van der Waals surface area contributed by atoms with Crippen LogP contribution in [0.1, 0.15) is 41.8 Å². The first kappa shape index (κ1) is 21.0. The highest BCUT2D eigenvalue weighted by Crippen LogP contribution is 2.23. The maximum Gasteiger partial charge on any atom is 0.339 e. The Morgan fingerprint density at radius 2 is 1.86 bits per heavy atom. The van der Waals surface area contributed by atoms with E-state index in [4.69, 9.17) is 9.15 Å². The minimum atomic E-state index is -0.578. The van der Waals surface area contributed by atoms with Gasteiger partial charge < -0.3 is 19.8 Å². The SMILES string of the molecule is O=C(CSc1ccccc1C(=O)OCC(=O)NC1CCCC1)NCc1ccco1. The van der Waals surface area contributed by atoms with Gasteiger partial charge in [0, 0.05) is 10.9 Å². The normalized spacial score (nSPS) is 13.8. The summed E-state index contributed by atoms with van der Waals surface area (Å²) in [6.45, 7) is 0.00412. The Hall–Kier alpha value is -2.74. The predicted octanol–water partition coefficient (Wildman–Crippen LogP) is 2.90. The molecule has 2 aromatic rings. The van der Waals surface area contributed by atoms with Gasteiger partial charge in [-0.2, -0.15) is 0 Å². The predicted molar refractivity (Wildman–Crippen MR) is 108 cm³/mol. The monoisotopic (exact) mass is 416 g/mol. The third-order valence-electron chi connectivity index (χ3n) is 4.56. The van der Waals surface area contributed by atoms with Crippen molar-refractivity contribution in [2.45, 2.75) is 43.2 Å². The van der Waals surface area contributed by atoms with Crippen LogP contribution in [-0.4, -0.2) is 36.2 Å². The molecule has 0 spiro atoms. The lowest BCUT2D eigenvalue weighted by molar-refractivity contribution is -0.125. The van der Waals surface area contributed by atoms with Crippen LogP contribution in [-0.2, 0) is 20.9 Å². The summed E-state index contributed by atoms with van der Waals surface area (Å²) < 4.78 is 10.3. The number of ether oxygens (including phenoxy) is 1. The Balaban J connectivity index is 1.46. The van der Waals surface area contributed by atoms with Gasteiger partial charge in [-0.25, -0.2) is 4.79 Å². The summed E-state index contributed by atoms with van der Waals surface area (Å²) in [7, 11) is 0. The van der Waals surface area contributed by atoms with E-state index in [1.54, 1.807) is 42.7 Å². The molecule has 1 aromatic carbocycles. The van der Waals surface area contributed by atoms with Crippen LogP contribution in [0.4, 0.5) is 0 Å². The molecule has 7 nitrogen and oxygen atoms in total. The van der Waals surface area contributed by atoms with Crippen LogP contribution < -0.4 is 10.6 Å². The van der Waals surface area contributed by atoms with E-state index >= 15 is 0 Å². The van der Waals surface area contributed by atoms with E-state index in [1.165, 1.54) is 11.8 Å². The van der Waals surface area contributed by atoms with Gasteiger partial charge in [0.15, 0.2) is 6.61 Å². The smallest absolute Gasteiger partial charge is 0.339 e. The molecule has 0 saturated heterocycles. The summed E-state index contributed by atoms with van der Waals surface area (Å²) in [5.74, 6) is -0.222. The van der Waals surface area contributed by atoms with Gasteiger partial charge >= 0.3 is 5.97 Å². The first-order chi connectivity index (χ1) is 14.1. The van der Waals surface area contributed by atoms with E-state index < -0.39 is 5.97 Å². The van der Waals surface area contributed by atoms with E-state index in [-0.39, 0.29) is 30.2 Å². The lowest BCUT2D eigenvalue weighted by Gasteiger charge is -2.13. The summed E-state index contributed by atoms with van der Waals surface area (Å²) in [6.07, 6.45) is 5.73. The molecule has 0 unspecified atom stereocenters. The first-order valence-corrected chi connectivity index (χ1v) is 10.6. The van der Waals surface area contributed by atoms with Gasteiger partial charge in [-0.05, 0) is 37.1 Å². The van der Waals surface area contributed by atoms with Crippen molar-refractivity contribution in [3.05, 3.63) is 54.0 Å². The van der Waals surface area contributed by atoms with Gasteiger partial charge in [0.25, 0.3) is 5.91 Å². The van der Waals surface area contributed by atoms with Crippen molar-refractivity contribution in [2.75, 3.05) is 12.4 Å². The number of thioether (sulfide) groups is 1. The van der Waals surface area contributed by atoms with Crippen molar-refractivity contribution >= 4 is 29.5 Å². The molecule has 0 radical (unpaired) electrons. The van der Waals surface area contributed by atoms with Gasteiger partial charge in [0.2, 0.25) is 5.91 Å². The number of benzene rings is 1. The number of amides is 2. The Morgan fingerprint density at radius 3 is 2.62 bits per heavy atom. The number of carbonyl (C=O) groups is 3. The van der Waals surface area contributed by atoms with Crippen LogP contribution in [0.15, 0.2) is 52.0 Å². The van der Waals surface area contributed by atoms with Crippen molar-refractivity contribution in [1.29, 1.82) is 0 Å². The molecule has 1 heterocycles. The fourth-order valence-electron chi connectivity index (χ4n) is 3.10. The molecule has 8 heteroatoms. The van der Waals surface area contributed by atoms with Crippen molar-refractivity contribution in [3.8, 4) is 0 Å². The highest BCUT2D eigenvalue weighted by molar-refractivity contribution is 8.00. The maximum atomic E-state index is 12.4. The number of hydrogen-bond donors (Lipinski definition) is 2. The van der Waals surface area contributed by atoms with Gasteiger partial charge in [-0.1, -0.05) is 25.0 Å². The molecule has 0 bridgehead atoms. The fraction of sp³-hybridized carbons (Fsp3) is 0.381. The number of furan rings is 1. The molecule has 154 valence electrons. The average Bonchev–Trinajstić information content (AvgIpc) is 3.43. The standard InChI is InChI=1S/C21H24N2O5S/c24-19(23-15-6-1-2-7-15)13-28-21(26)17-9-3-4-10-18(17)29-14-20(25)22-12-16-8-5-11-27-16/h3-5,8-11,15H,1-2,6-7,12-14H2,(H,22,25)(H,23,24). The van der Waals surface area contributed by atoms with Crippen LogP contribution in [0.3, 0.4) is 0 Å². The molecule has 1 saturated carbocycles. The van der Waals surface area contributed by atoms with Gasteiger partial charge in [-0.15, -0.1) is 11.8 Å². The Bertz CT molecular complexity index is 831. The third kappa shape index (κ3) is 6.67. The number of esters is 1. The van der Waals surface area contributed by atoms with Crippen LogP contribution in [0.2, 0.25) is 0 Å². The highest BCUT2D eigenvalue weighted by Gasteiger charge is 2.19. The molecule has 0 atom stereocenters. The van der Waals surface area contributed by atoms with Crippen LogP contribution in [0, 0.1) is 0 Å². The largest absolute Gasteiger partial charge is 0.467 e. The fourth-order valence-corrected chi connectivity index (χ4v) is 3.97. The van der Waals surface area contributed by atoms with E-state index in [9.17, 15) is 14.4 Å². The number of nitrogens with one attached hydrogen (secondary N) is 2. The lowest BCUT2D eigenvalue weighted by atomic mass is 10.2. The minimum Gasteiger partial charge on any atom is -0.467 e. The summed E-state index contributed by atoms with van der Waals surface area (Å²) in [5.41, 5.74) is 0.338. The first-order valence-electron chi connectivity index (χ1n) is 9.59. The third-order valence-corrected chi connectivity index (χ3v) is 5.63. The van der Waals surface area contributed by atoms with Crippen molar-refractivity contribution in [3.63, 3.8) is 0 Å². The molecule has 1 aliphatic rings. The molecule has 0 aliphatic heterocycles. The van der Waals surface area contributed by atoms with E-state index in [0.717, 1.165) is 25.7 Å². The van der Waals surface area contributed by atoms with Crippen molar-refractivity contribution in [2.24, 2.45) is 0 Å². The van der Waals surface area contributed by atoms with Crippen LogP contribution >= 0.6 is 11.8 Å². The second-order valence-electron chi connectivity index (χ2n) is 6.77. The molecule has 1 aromatic heterocycles. The summed E-state index contributed by atoms with van der Waals surface area (Å²) >= 11 is 1.24. The lowest BCUT2D eigenvalue weighted by Crippen LogP contribution is -2.35. The maximum absolute atomic E-state index is 12.4. The van der Waals surface area contributed by atoms with E-state index in [2.05, 4.69) is 10.6 Å². The molecule has 2 amide bonds. The molecule has 1 fully saturated rings. The highest BCUT2D eigenvalue weighted by atomic mass is 32.2. The molecular formula is C21H24N2O5S. The molecular weight excluding hydrogens is 392 g/mol. The Morgan fingerprint density at radius 1 is 1.07 bits per heavy atom. The quantitative estimate of drug-likeness (QED) is 0.482. The number of rotatable bonds is 9. The second-order valence-corrected chi connectivity index (χ2v) is 7.78. The van der Waals surface area contributed by atoms with E-state index in [0.29, 0.717) is 22.8 Å². The Kier molecular flexibility index (Phi) is 7.75. The van der Waals surface area contributed by atoms with E-state index in [1.807, 2.05) is 0 Å². The average molecular weight is 416 g/mol. The molecule has 29 heavy (non-hydrogen) atoms. The summed E-state index contributed by atoms with van der Waals surface area (Å²) in [4.78, 5) is 37.0. The Labute approximate surface area is 173 Å². The second kappa shape index (κ2) is 10.7. The van der Waals surface area contributed by atoms with Crippen LogP contribution in [0.25, 0.3) is 0 Å². The molecule has 1 aliphatic carbocycles. The van der Waals surface area contributed by atoms with Crippen LogP contribution in [0.5, 0.6) is 0 Å². The van der Waals surface area contributed by atoms with Crippen molar-refractivity contribution < 1.29 is 23.5 Å². The van der Waals surface area contributed by atoms with Gasteiger partial charge in [-0.3, -0.25) is 9.59 Å². The van der Waals surface area contributed by atoms with Crippen molar-refractivity contribution in [1.82, 2.24) is 10.6 Å². The zero-order valence-electron chi connectivity index (χ0n) is 16.0. The minimum absolute atomic E-state index is 0.146. The summed E-state index contributed by atoms with van der Waals surface area (Å²) in [6, 6.07) is 10.6. The zero-order valence-corrected chi connectivity index (χ0v) is 16.8. The molecule has 2 N–H and O–H groups in total. The zero-order chi connectivity index (χ0) is 20.5. The topological polar surface area (TPSA) is 97.6 Å². The number of carbonyl (C=O) groups excluding carboxylic acids is 3. The van der Waals surface area contributed by atoms with Gasteiger partial charge in [0.1, 0.15) is 5.76 Å². The molecule has 3 rings (SSSR count).